The van der Waals surface area contributed by atoms with Gasteiger partial charge in [0.2, 0.25) is 10.0 Å². The lowest BCUT2D eigenvalue weighted by Gasteiger charge is -2.33. The molecular weight excluding hydrogens is 326 g/mol. The topological polar surface area (TPSA) is 69.7 Å². The third kappa shape index (κ3) is 5.03. The van der Waals surface area contributed by atoms with Crippen LogP contribution in [0.1, 0.15) is 36.7 Å². The fourth-order valence-corrected chi connectivity index (χ4v) is 3.80. The Morgan fingerprint density at radius 3 is 2.21 bits per heavy atom. The molecule has 0 aromatic heterocycles. The molecule has 0 radical (unpaired) electrons. The van der Waals surface area contributed by atoms with Gasteiger partial charge in [0.15, 0.2) is 0 Å². The minimum atomic E-state index is -3.08. The van der Waals surface area contributed by atoms with E-state index in [1.54, 1.807) is 11.2 Å². The molecule has 1 fully saturated rings. The Balaban J connectivity index is 1.88. The normalized spacial score (nSPS) is 17.2. The van der Waals surface area contributed by atoms with Gasteiger partial charge in [0.05, 0.1) is 5.75 Å². The van der Waals surface area contributed by atoms with Gasteiger partial charge >= 0.3 is 0 Å². The van der Waals surface area contributed by atoms with Gasteiger partial charge in [-0.25, -0.2) is 8.42 Å². The van der Waals surface area contributed by atoms with Crippen molar-refractivity contribution in [2.45, 2.75) is 33.4 Å². The van der Waals surface area contributed by atoms with Crippen molar-refractivity contribution in [3.05, 3.63) is 35.4 Å². The highest BCUT2D eigenvalue weighted by molar-refractivity contribution is 7.89. The zero-order chi connectivity index (χ0) is 17.7. The van der Waals surface area contributed by atoms with Crippen LogP contribution in [-0.4, -0.2) is 61.5 Å². The highest BCUT2D eigenvalue weighted by Gasteiger charge is 2.25. The van der Waals surface area contributed by atoms with E-state index in [2.05, 4.69) is 10.2 Å². The lowest BCUT2D eigenvalue weighted by atomic mass is 10.1. The zero-order valence-corrected chi connectivity index (χ0v) is 15.5. The van der Waals surface area contributed by atoms with Crippen LogP contribution in [0, 0.1) is 0 Å². The van der Waals surface area contributed by atoms with Crippen LogP contribution in [0.4, 0.5) is 0 Å². The first-order valence-corrected chi connectivity index (χ1v) is 10.0. The third-order valence-corrected chi connectivity index (χ3v) is 6.01. The molecule has 1 heterocycles. The maximum atomic E-state index is 11.9. The summed E-state index contributed by atoms with van der Waals surface area (Å²) in [5.74, 6) is 0.0994. The minimum absolute atomic E-state index is 0.0602. The molecule has 0 spiro atoms. The molecule has 1 aliphatic rings. The summed E-state index contributed by atoms with van der Waals surface area (Å²) in [6.45, 7) is 8.87. The van der Waals surface area contributed by atoms with Gasteiger partial charge < -0.3 is 5.32 Å². The van der Waals surface area contributed by atoms with Crippen LogP contribution < -0.4 is 5.32 Å². The van der Waals surface area contributed by atoms with Gasteiger partial charge in [-0.3, -0.25) is 9.69 Å². The van der Waals surface area contributed by atoms with E-state index in [9.17, 15) is 13.2 Å². The average molecular weight is 353 g/mol. The molecule has 0 aliphatic carbocycles. The first-order valence-electron chi connectivity index (χ1n) is 8.42. The summed E-state index contributed by atoms with van der Waals surface area (Å²) >= 11 is 0. The summed E-state index contributed by atoms with van der Waals surface area (Å²) in [5.41, 5.74) is 1.79. The molecule has 0 atom stereocenters. The number of benzene rings is 1. The minimum Gasteiger partial charge on any atom is -0.350 e. The summed E-state index contributed by atoms with van der Waals surface area (Å²) in [6, 6.07) is 7.72. The van der Waals surface area contributed by atoms with E-state index in [0.29, 0.717) is 18.7 Å². The smallest absolute Gasteiger partial charge is 0.251 e. The number of amides is 1. The fraction of sp³-hybridized carbons (Fsp3) is 0.588. The molecule has 1 aliphatic heterocycles. The van der Waals surface area contributed by atoms with Crippen molar-refractivity contribution in [3.8, 4) is 0 Å². The SMILES string of the molecule is CCS(=O)(=O)N1CCN(Cc2ccc(C(=O)NC(C)C)cc2)CC1. The average Bonchev–Trinajstić information content (AvgIpc) is 2.55. The van der Waals surface area contributed by atoms with E-state index >= 15 is 0 Å². The number of hydrogen-bond donors (Lipinski definition) is 1. The summed E-state index contributed by atoms with van der Waals surface area (Å²) in [4.78, 5) is 14.2. The summed E-state index contributed by atoms with van der Waals surface area (Å²) < 4.78 is 25.3. The van der Waals surface area contributed by atoms with Gasteiger partial charge in [0, 0.05) is 44.3 Å². The predicted octanol–water partition coefficient (Wildman–Crippen LogP) is 1.29. The van der Waals surface area contributed by atoms with E-state index in [-0.39, 0.29) is 17.7 Å². The molecule has 134 valence electrons. The van der Waals surface area contributed by atoms with Gasteiger partial charge in [-0.15, -0.1) is 0 Å². The second-order valence-corrected chi connectivity index (χ2v) is 8.66. The number of piperazine rings is 1. The van der Waals surface area contributed by atoms with E-state index in [4.69, 9.17) is 0 Å². The zero-order valence-electron chi connectivity index (χ0n) is 14.7. The maximum absolute atomic E-state index is 11.9. The van der Waals surface area contributed by atoms with Crippen LogP contribution in [-0.2, 0) is 16.6 Å². The molecule has 1 N–H and O–H groups in total. The molecule has 6 nitrogen and oxygen atoms in total. The lowest BCUT2D eigenvalue weighted by Crippen LogP contribution is -2.48. The first kappa shape index (κ1) is 18.9. The van der Waals surface area contributed by atoms with Crippen molar-refractivity contribution in [1.29, 1.82) is 0 Å². The van der Waals surface area contributed by atoms with Crippen molar-refractivity contribution in [1.82, 2.24) is 14.5 Å². The molecule has 0 saturated carbocycles. The quantitative estimate of drug-likeness (QED) is 0.837. The van der Waals surface area contributed by atoms with Crippen LogP contribution in [0.25, 0.3) is 0 Å². The summed E-state index contributed by atoms with van der Waals surface area (Å²) in [6.07, 6.45) is 0. The molecule has 0 unspecified atom stereocenters. The Labute approximate surface area is 144 Å². The largest absolute Gasteiger partial charge is 0.350 e. The first-order chi connectivity index (χ1) is 11.3. The molecular formula is C17H27N3O3S. The van der Waals surface area contributed by atoms with Gasteiger partial charge in [-0.05, 0) is 38.5 Å². The molecule has 1 aromatic carbocycles. The Kier molecular flexibility index (Phi) is 6.37. The van der Waals surface area contributed by atoms with E-state index < -0.39 is 10.0 Å². The van der Waals surface area contributed by atoms with E-state index in [1.807, 2.05) is 38.1 Å². The van der Waals surface area contributed by atoms with Gasteiger partial charge in [-0.1, -0.05) is 12.1 Å². The van der Waals surface area contributed by atoms with Crippen LogP contribution in [0.2, 0.25) is 0 Å². The van der Waals surface area contributed by atoms with Crippen molar-refractivity contribution in [2.75, 3.05) is 31.9 Å². The van der Waals surface area contributed by atoms with Gasteiger partial charge in [-0.2, -0.15) is 4.31 Å². The maximum Gasteiger partial charge on any atom is 0.251 e. The second kappa shape index (κ2) is 8.09. The number of rotatable bonds is 6. The molecule has 7 heteroatoms. The predicted molar refractivity (Wildman–Crippen MR) is 95.4 cm³/mol. The molecule has 2 rings (SSSR count). The van der Waals surface area contributed by atoms with Crippen molar-refractivity contribution in [2.24, 2.45) is 0 Å². The molecule has 24 heavy (non-hydrogen) atoms. The number of nitrogens with zero attached hydrogens (tertiary/aromatic N) is 2. The number of carbonyl (C=O) groups excluding carboxylic acids is 1. The Hall–Kier alpha value is -1.44. The summed E-state index contributed by atoms with van der Waals surface area (Å²) in [5, 5.41) is 2.87. The molecule has 0 bridgehead atoms. The Bertz CT molecular complexity index is 648. The monoisotopic (exact) mass is 353 g/mol. The van der Waals surface area contributed by atoms with Gasteiger partial charge in [0.25, 0.3) is 5.91 Å². The lowest BCUT2D eigenvalue weighted by molar-refractivity contribution is 0.0943. The van der Waals surface area contributed by atoms with Crippen LogP contribution in [0.15, 0.2) is 24.3 Å². The standard InChI is InChI=1S/C17H27N3O3S/c1-4-24(22,23)20-11-9-19(10-12-20)13-15-5-7-16(8-6-15)17(21)18-14(2)3/h5-8,14H,4,9-13H2,1-3H3,(H,18,21). The van der Waals surface area contributed by atoms with Crippen LogP contribution >= 0.6 is 0 Å². The van der Waals surface area contributed by atoms with Crippen LogP contribution in [0.3, 0.4) is 0 Å². The number of nitrogens with one attached hydrogen (secondary N) is 1. The fourth-order valence-electron chi connectivity index (χ4n) is 2.71. The van der Waals surface area contributed by atoms with Crippen molar-refractivity contribution >= 4 is 15.9 Å². The Morgan fingerprint density at radius 1 is 1.12 bits per heavy atom. The molecule has 1 aromatic rings. The van der Waals surface area contributed by atoms with Crippen LogP contribution in [0.5, 0.6) is 0 Å². The van der Waals surface area contributed by atoms with Crippen molar-refractivity contribution < 1.29 is 13.2 Å². The molecule has 1 saturated heterocycles. The third-order valence-electron chi connectivity index (χ3n) is 4.13. The number of sulfonamides is 1. The molecule has 1 amide bonds. The highest BCUT2D eigenvalue weighted by Crippen LogP contribution is 2.12. The second-order valence-electron chi connectivity index (χ2n) is 6.40. The Morgan fingerprint density at radius 2 is 1.71 bits per heavy atom. The number of hydrogen-bond acceptors (Lipinski definition) is 4. The van der Waals surface area contributed by atoms with E-state index in [1.165, 1.54) is 0 Å². The number of carbonyl (C=O) groups is 1. The highest BCUT2D eigenvalue weighted by atomic mass is 32.2. The summed E-state index contributed by atoms with van der Waals surface area (Å²) in [7, 11) is -3.08. The van der Waals surface area contributed by atoms with Gasteiger partial charge in [0.1, 0.15) is 0 Å². The van der Waals surface area contributed by atoms with E-state index in [0.717, 1.165) is 25.2 Å². The van der Waals surface area contributed by atoms with Crippen molar-refractivity contribution in [3.63, 3.8) is 0 Å².